The molecule has 0 bridgehead atoms. The average molecular weight is 243 g/mol. The van der Waals surface area contributed by atoms with Gasteiger partial charge in [0.15, 0.2) is 0 Å². The Kier molecular flexibility index (Phi) is 7.00. The van der Waals surface area contributed by atoms with Gasteiger partial charge in [-0.25, -0.2) is 4.79 Å². The van der Waals surface area contributed by atoms with Crippen LogP contribution in [0.5, 0.6) is 0 Å². The smallest absolute Gasteiger partial charge is 0.340 e. The van der Waals surface area contributed by atoms with Gasteiger partial charge >= 0.3 is 5.97 Å². The summed E-state index contributed by atoms with van der Waals surface area (Å²) in [5, 5.41) is 0. The van der Waals surface area contributed by atoms with Crippen LogP contribution in [0.3, 0.4) is 0 Å². The van der Waals surface area contributed by atoms with Crippen LogP contribution in [0.1, 0.15) is 16.8 Å². The number of nitrogens with two attached hydrogens (primary N) is 1. The van der Waals surface area contributed by atoms with E-state index in [-0.39, 0.29) is 18.4 Å². The van der Waals surface area contributed by atoms with E-state index in [9.17, 15) is 4.79 Å². The molecule has 0 heterocycles. The molecule has 0 aliphatic rings. The summed E-state index contributed by atoms with van der Waals surface area (Å²) < 4.78 is 5.01. The van der Waals surface area contributed by atoms with Gasteiger partial charge in [-0.05, 0) is 18.6 Å². The highest BCUT2D eigenvalue weighted by atomic mass is 35.5. The number of nitrogens with one attached hydrogen (secondary N) is 1. The molecular weight excluding hydrogens is 228 g/mol. The Morgan fingerprint density at radius 1 is 1.50 bits per heavy atom. The van der Waals surface area contributed by atoms with Gasteiger partial charge in [0.2, 0.25) is 0 Å². The van der Waals surface area contributed by atoms with Crippen LogP contribution in [0.4, 0.5) is 5.69 Å². The molecule has 1 aromatic rings. The average Bonchev–Trinajstić information content (AvgIpc) is 2.29. The van der Waals surface area contributed by atoms with E-state index < -0.39 is 0 Å². The summed E-state index contributed by atoms with van der Waals surface area (Å²) in [7, 11) is 0. The fraction of sp³-hybridized carbons (Fsp3) is 0.182. The molecule has 0 fully saturated rings. The van der Waals surface area contributed by atoms with Gasteiger partial charge in [0, 0.05) is 0 Å². The van der Waals surface area contributed by atoms with Crippen LogP contribution in [0.2, 0.25) is 0 Å². The Morgan fingerprint density at radius 3 is 2.81 bits per heavy atom. The largest absolute Gasteiger partial charge is 0.462 e. The molecule has 0 radical (unpaired) electrons. The van der Waals surface area contributed by atoms with Crippen molar-refractivity contribution in [3.63, 3.8) is 0 Å². The van der Waals surface area contributed by atoms with Gasteiger partial charge in [0.1, 0.15) is 0 Å². The molecule has 3 N–H and O–H groups in total. The van der Waals surface area contributed by atoms with Crippen LogP contribution in [0.15, 0.2) is 36.9 Å². The molecule has 0 atom stereocenters. The first-order chi connectivity index (χ1) is 7.29. The topological polar surface area (TPSA) is 64.3 Å². The quantitative estimate of drug-likeness (QED) is 0.273. The lowest BCUT2D eigenvalue weighted by atomic mass is 10.2. The summed E-state index contributed by atoms with van der Waals surface area (Å²) >= 11 is 0. The number of para-hydroxylation sites is 1. The number of esters is 1. The van der Waals surface area contributed by atoms with Crippen molar-refractivity contribution >= 4 is 24.1 Å². The zero-order chi connectivity index (χ0) is 11.1. The maximum absolute atomic E-state index is 11.5. The second-order valence-electron chi connectivity index (χ2n) is 2.90. The minimum absolute atomic E-state index is 0. The third-order valence-electron chi connectivity index (χ3n) is 1.86. The van der Waals surface area contributed by atoms with Gasteiger partial charge in [-0.1, -0.05) is 18.2 Å². The highest BCUT2D eigenvalue weighted by Crippen LogP contribution is 2.14. The molecular formula is C11H15ClN2O2. The Bertz CT molecular complexity index is 356. The number of benzene rings is 1. The van der Waals surface area contributed by atoms with Crippen molar-refractivity contribution < 1.29 is 9.53 Å². The molecule has 4 nitrogen and oxygen atoms in total. The van der Waals surface area contributed by atoms with Crippen LogP contribution < -0.4 is 11.3 Å². The minimum atomic E-state index is -0.384. The SMILES string of the molecule is C=CCCOC(=O)c1ccccc1NN.Cl. The molecule has 0 aliphatic carbocycles. The maximum atomic E-state index is 11.5. The number of rotatable bonds is 5. The highest BCUT2D eigenvalue weighted by Gasteiger charge is 2.10. The number of nitrogen functional groups attached to an aromatic ring is 1. The summed E-state index contributed by atoms with van der Waals surface area (Å²) in [6.45, 7) is 3.87. The van der Waals surface area contributed by atoms with E-state index in [4.69, 9.17) is 10.6 Å². The molecule has 0 aliphatic heterocycles. The number of carbonyl (C=O) groups is 1. The molecule has 0 saturated carbocycles. The first kappa shape index (κ1) is 14.5. The lowest BCUT2D eigenvalue weighted by Crippen LogP contribution is -2.13. The molecule has 1 rings (SSSR count). The molecule has 0 unspecified atom stereocenters. The summed E-state index contributed by atoms with van der Waals surface area (Å²) in [6, 6.07) is 6.91. The molecule has 0 saturated heterocycles. The van der Waals surface area contributed by atoms with E-state index in [0.29, 0.717) is 24.3 Å². The Morgan fingerprint density at radius 2 is 2.19 bits per heavy atom. The van der Waals surface area contributed by atoms with Gasteiger partial charge < -0.3 is 10.2 Å². The summed E-state index contributed by atoms with van der Waals surface area (Å²) in [5.74, 6) is 4.89. The summed E-state index contributed by atoms with van der Waals surface area (Å²) in [6.07, 6.45) is 2.34. The van der Waals surface area contributed by atoms with E-state index in [1.54, 1.807) is 30.3 Å². The molecule has 0 amide bonds. The van der Waals surface area contributed by atoms with E-state index in [0.717, 1.165) is 0 Å². The lowest BCUT2D eigenvalue weighted by molar-refractivity contribution is 0.0513. The van der Waals surface area contributed by atoms with Crippen LogP contribution in [-0.4, -0.2) is 12.6 Å². The molecule has 1 aromatic carbocycles. The van der Waals surface area contributed by atoms with Crippen LogP contribution in [-0.2, 0) is 4.74 Å². The van der Waals surface area contributed by atoms with Gasteiger partial charge in [-0.3, -0.25) is 5.84 Å². The molecule has 0 spiro atoms. The molecule has 16 heavy (non-hydrogen) atoms. The number of carbonyl (C=O) groups excluding carboxylic acids is 1. The van der Waals surface area contributed by atoms with E-state index in [1.165, 1.54) is 0 Å². The van der Waals surface area contributed by atoms with Crippen LogP contribution >= 0.6 is 12.4 Å². The Labute approximate surface area is 101 Å². The number of hydrogen-bond acceptors (Lipinski definition) is 4. The van der Waals surface area contributed by atoms with Crippen molar-refractivity contribution in [2.45, 2.75) is 6.42 Å². The van der Waals surface area contributed by atoms with Crippen molar-refractivity contribution in [2.75, 3.05) is 12.0 Å². The zero-order valence-corrected chi connectivity index (χ0v) is 9.63. The summed E-state index contributed by atoms with van der Waals surface area (Å²) in [5.41, 5.74) is 3.44. The van der Waals surface area contributed by atoms with E-state index >= 15 is 0 Å². The van der Waals surface area contributed by atoms with Gasteiger partial charge in [0.05, 0.1) is 17.9 Å². The van der Waals surface area contributed by atoms with Crippen molar-refractivity contribution in [3.8, 4) is 0 Å². The van der Waals surface area contributed by atoms with Crippen molar-refractivity contribution in [3.05, 3.63) is 42.5 Å². The van der Waals surface area contributed by atoms with Crippen LogP contribution in [0.25, 0.3) is 0 Å². The van der Waals surface area contributed by atoms with Crippen molar-refractivity contribution in [1.82, 2.24) is 0 Å². The number of hydrazine groups is 1. The fourth-order valence-corrected chi connectivity index (χ4v) is 1.10. The normalized spacial score (nSPS) is 8.81. The molecule has 88 valence electrons. The van der Waals surface area contributed by atoms with E-state index in [1.807, 2.05) is 0 Å². The number of anilines is 1. The second-order valence-corrected chi connectivity index (χ2v) is 2.90. The van der Waals surface area contributed by atoms with Crippen molar-refractivity contribution in [1.29, 1.82) is 0 Å². The van der Waals surface area contributed by atoms with E-state index in [2.05, 4.69) is 12.0 Å². The predicted molar refractivity (Wildman–Crippen MR) is 66.6 cm³/mol. The second kappa shape index (κ2) is 7.73. The monoisotopic (exact) mass is 242 g/mol. The Balaban J connectivity index is 0.00000225. The van der Waals surface area contributed by atoms with Gasteiger partial charge in [-0.2, -0.15) is 0 Å². The number of ether oxygens (including phenoxy) is 1. The highest BCUT2D eigenvalue weighted by molar-refractivity contribution is 5.95. The van der Waals surface area contributed by atoms with Crippen molar-refractivity contribution in [2.24, 2.45) is 5.84 Å². The fourth-order valence-electron chi connectivity index (χ4n) is 1.10. The van der Waals surface area contributed by atoms with Gasteiger partial charge in [0.25, 0.3) is 0 Å². The number of halogens is 1. The third-order valence-corrected chi connectivity index (χ3v) is 1.86. The first-order valence-electron chi connectivity index (χ1n) is 4.63. The number of hydrogen-bond donors (Lipinski definition) is 2. The summed E-state index contributed by atoms with van der Waals surface area (Å²) in [4.78, 5) is 11.5. The first-order valence-corrected chi connectivity index (χ1v) is 4.63. The maximum Gasteiger partial charge on any atom is 0.340 e. The minimum Gasteiger partial charge on any atom is -0.462 e. The molecule has 0 aromatic heterocycles. The molecule has 5 heteroatoms. The van der Waals surface area contributed by atoms with Gasteiger partial charge in [-0.15, -0.1) is 19.0 Å². The standard InChI is InChI=1S/C11H14N2O2.ClH/c1-2-3-8-15-11(14)9-6-4-5-7-10(9)13-12;/h2,4-7,13H,1,3,8,12H2;1H. The Hall–Kier alpha value is -1.52. The van der Waals surface area contributed by atoms with Crippen LogP contribution in [0, 0.1) is 0 Å². The lowest BCUT2D eigenvalue weighted by Gasteiger charge is -2.07. The third kappa shape index (κ3) is 3.92. The zero-order valence-electron chi connectivity index (χ0n) is 8.81. The predicted octanol–water partition coefficient (Wildman–Crippen LogP) is 2.13.